The van der Waals surface area contributed by atoms with Crippen LogP contribution in [-0.2, 0) is 6.18 Å². The smallest absolute Gasteiger partial charge is 0.314 e. The van der Waals surface area contributed by atoms with Gasteiger partial charge in [0.15, 0.2) is 0 Å². The second kappa shape index (κ2) is 8.70. The quantitative estimate of drug-likeness (QED) is 0.767. The third kappa shape index (κ3) is 5.22. The first-order valence-electron chi connectivity index (χ1n) is 7.76. The first-order valence-corrected chi connectivity index (χ1v) is 7.76. The van der Waals surface area contributed by atoms with Crippen LogP contribution in [0.3, 0.4) is 0 Å². The molecular formula is C16H22Cl2F4N2. The SMILES string of the molecule is Cl.Cl.Fc1ccc(C(F)(F)F)cc1[C@H](CC1CC1)N1CCNCC1. The van der Waals surface area contributed by atoms with Crippen molar-refractivity contribution >= 4 is 24.8 Å². The topological polar surface area (TPSA) is 15.3 Å². The number of hydrogen-bond acceptors (Lipinski definition) is 2. The molecule has 1 saturated heterocycles. The van der Waals surface area contributed by atoms with Gasteiger partial charge in [0, 0.05) is 37.8 Å². The lowest BCUT2D eigenvalue weighted by molar-refractivity contribution is -0.137. The van der Waals surface area contributed by atoms with Crippen molar-refractivity contribution < 1.29 is 17.6 Å². The van der Waals surface area contributed by atoms with Crippen LogP contribution in [0.4, 0.5) is 17.6 Å². The molecular weight excluding hydrogens is 367 g/mol. The zero-order valence-corrected chi connectivity index (χ0v) is 14.7. The summed E-state index contributed by atoms with van der Waals surface area (Å²) < 4.78 is 53.0. The van der Waals surface area contributed by atoms with Gasteiger partial charge in [-0.05, 0) is 30.5 Å². The summed E-state index contributed by atoms with van der Waals surface area (Å²) >= 11 is 0. The number of alkyl halides is 3. The van der Waals surface area contributed by atoms with Crippen molar-refractivity contribution in [2.45, 2.75) is 31.5 Å². The molecule has 0 aromatic heterocycles. The molecule has 0 radical (unpaired) electrons. The molecule has 1 aliphatic heterocycles. The van der Waals surface area contributed by atoms with E-state index in [4.69, 9.17) is 0 Å². The number of piperazine rings is 1. The van der Waals surface area contributed by atoms with Gasteiger partial charge in [-0.1, -0.05) is 12.8 Å². The Bertz CT molecular complexity index is 529. The summed E-state index contributed by atoms with van der Waals surface area (Å²) in [6.07, 6.45) is -1.49. The molecule has 1 saturated carbocycles. The van der Waals surface area contributed by atoms with Gasteiger partial charge >= 0.3 is 6.18 Å². The van der Waals surface area contributed by atoms with Crippen LogP contribution >= 0.6 is 24.8 Å². The third-order valence-corrected chi connectivity index (χ3v) is 4.53. The lowest BCUT2D eigenvalue weighted by Crippen LogP contribution is -2.45. The van der Waals surface area contributed by atoms with Crippen molar-refractivity contribution in [1.82, 2.24) is 10.2 Å². The molecule has 1 N–H and O–H groups in total. The van der Waals surface area contributed by atoms with E-state index in [1.807, 2.05) is 0 Å². The first kappa shape index (κ1) is 21.5. The minimum absolute atomic E-state index is 0. The molecule has 1 heterocycles. The minimum Gasteiger partial charge on any atom is -0.314 e. The van der Waals surface area contributed by atoms with Crippen molar-refractivity contribution in [3.63, 3.8) is 0 Å². The lowest BCUT2D eigenvalue weighted by atomic mass is 9.96. The molecule has 3 rings (SSSR count). The Morgan fingerprint density at radius 3 is 2.29 bits per heavy atom. The van der Waals surface area contributed by atoms with Gasteiger partial charge in [0.1, 0.15) is 5.82 Å². The first-order chi connectivity index (χ1) is 10.4. The van der Waals surface area contributed by atoms with Crippen molar-refractivity contribution in [3.05, 3.63) is 35.1 Å². The summed E-state index contributed by atoms with van der Waals surface area (Å²) in [5, 5.41) is 3.22. The number of nitrogens with zero attached hydrogens (tertiary/aromatic N) is 1. The molecule has 8 heteroatoms. The Kier molecular flexibility index (Phi) is 7.78. The maximum Gasteiger partial charge on any atom is 0.416 e. The van der Waals surface area contributed by atoms with E-state index in [2.05, 4.69) is 10.2 Å². The zero-order chi connectivity index (χ0) is 15.7. The van der Waals surface area contributed by atoms with E-state index in [1.165, 1.54) is 0 Å². The monoisotopic (exact) mass is 388 g/mol. The lowest BCUT2D eigenvalue weighted by Gasteiger charge is -2.35. The normalized spacial score (nSPS) is 20.0. The fraction of sp³-hybridized carbons (Fsp3) is 0.625. The van der Waals surface area contributed by atoms with Crippen molar-refractivity contribution in [3.8, 4) is 0 Å². The average Bonchev–Trinajstić information content (AvgIpc) is 3.29. The second-order valence-corrected chi connectivity index (χ2v) is 6.21. The van der Waals surface area contributed by atoms with Gasteiger partial charge in [0.05, 0.1) is 5.56 Å². The Labute approximate surface area is 151 Å². The maximum atomic E-state index is 14.2. The van der Waals surface area contributed by atoms with E-state index in [-0.39, 0.29) is 36.4 Å². The van der Waals surface area contributed by atoms with Gasteiger partial charge in [0.25, 0.3) is 0 Å². The Hall–Kier alpha value is -0.560. The Morgan fingerprint density at radius 2 is 1.75 bits per heavy atom. The Balaban J connectivity index is 0.00000144. The number of rotatable bonds is 4. The predicted octanol–water partition coefficient (Wildman–Crippen LogP) is 4.43. The summed E-state index contributed by atoms with van der Waals surface area (Å²) in [6, 6.07) is 2.53. The predicted molar refractivity (Wildman–Crippen MR) is 90.4 cm³/mol. The van der Waals surface area contributed by atoms with Crippen LogP contribution in [0.15, 0.2) is 18.2 Å². The van der Waals surface area contributed by atoms with E-state index in [1.54, 1.807) is 0 Å². The van der Waals surface area contributed by atoms with Gasteiger partial charge in [0.2, 0.25) is 0 Å². The molecule has 24 heavy (non-hydrogen) atoms. The molecule has 2 nitrogen and oxygen atoms in total. The summed E-state index contributed by atoms with van der Waals surface area (Å²) in [5.74, 6) is -0.00832. The van der Waals surface area contributed by atoms with Crippen LogP contribution in [0.25, 0.3) is 0 Å². The highest BCUT2D eigenvalue weighted by Crippen LogP contribution is 2.42. The molecule has 0 unspecified atom stereocenters. The fourth-order valence-corrected chi connectivity index (χ4v) is 3.11. The number of halogens is 6. The Morgan fingerprint density at radius 1 is 1.12 bits per heavy atom. The highest BCUT2D eigenvalue weighted by atomic mass is 35.5. The highest BCUT2D eigenvalue weighted by molar-refractivity contribution is 5.85. The molecule has 0 amide bonds. The van der Waals surface area contributed by atoms with E-state index in [0.717, 1.165) is 63.6 Å². The van der Waals surface area contributed by atoms with Gasteiger partial charge < -0.3 is 5.32 Å². The van der Waals surface area contributed by atoms with E-state index >= 15 is 0 Å². The van der Waals surface area contributed by atoms with E-state index in [9.17, 15) is 17.6 Å². The van der Waals surface area contributed by atoms with Gasteiger partial charge in [-0.3, -0.25) is 4.90 Å². The van der Waals surface area contributed by atoms with Crippen molar-refractivity contribution in [2.24, 2.45) is 5.92 Å². The van der Waals surface area contributed by atoms with Crippen LogP contribution in [0.1, 0.15) is 36.4 Å². The van der Waals surface area contributed by atoms with Crippen LogP contribution in [0, 0.1) is 11.7 Å². The molecule has 138 valence electrons. The average molecular weight is 389 g/mol. The molecule has 0 spiro atoms. The third-order valence-electron chi connectivity index (χ3n) is 4.53. The number of nitrogens with one attached hydrogen (secondary N) is 1. The maximum absolute atomic E-state index is 14.2. The summed E-state index contributed by atoms with van der Waals surface area (Å²) in [7, 11) is 0. The number of hydrogen-bond donors (Lipinski definition) is 1. The summed E-state index contributed by atoms with van der Waals surface area (Å²) in [5.41, 5.74) is -0.566. The molecule has 1 aliphatic carbocycles. The number of benzene rings is 1. The van der Waals surface area contributed by atoms with Crippen LogP contribution in [0.2, 0.25) is 0 Å². The largest absolute Gasteiger partial charge is 0.416 e. The molecule has 2 fully saturated rings. The standard InChI is InChI=1S/C16H20F4N2.2ClH/c17-14-4-3-12(16(18,19)20)10-13(14)15(9-11-1-2-11)22-7-5-21-6-8-22;;/h3-4,10-11,15,21H,1-2,5-9H2;2*1H/t15-;;/m0../s1. The fourth-order valence-electron chi connectivity index (χ4n) is 3.11. The summed E-state index contributed by atoms with van der Waals surface area (Å²) in [4.78, 5) is 2.12. The second-order valence-electron chi connectivity index (χ2n) is 6.21. The van der Waals surface area contributed by atoms with Crippen LogP contribution in [0.5, 0.6) is 0 Å². The van der Waals surface area contributed by atoms with E-state index < -0.39 is 17.6 Å². The van der Waals surface area contributed by atoms with Gasteiger partial charge in [-0.25, -0.2) is 4.39 Å². The van der Waals surface area contributed by atoms with E-state index in [0.29, 0.717) is 5.92 Å². The van der Waals surface area contributed by atoms with Gasteiger partial charge in [-0.2, -0.15) is 13.2 Å². The van der Waals surface area contributed by atoms with Crippen molar-refractivity contribution in [1.29, 1.82) is 0 Å². The molecule has 0 bridgehead atoms. The van der Waals surface area contributed by atoms with Gasteiger partial charge in [-0.15, -0.1) is 24.8 Å². The molecule has 1 atom stereocenters. The molecule has 1 aromatic rings. The van der Waals surface area contributed by atoms with Crippen LogP contribution in [-0.4, -0.2) is 31.1 Å². The highest BCUT2D eigenvalue weighted by Gasteiger charge is 2.35. The summed E-state index contributed by atoms with van der Waals surface area (Å²) in [6.45, 7) is 3.07. The van der Waals surface area contributed by atoms with Crippen LogP contribution < -0.4 is 5.32 Å². The molecule has 2 aliphatic rings. The zero-order valence-electron chi connectivity index (χ0n) is 13.1. The molecule has 1 aromatic carbocycles. The van der Waals surface area contributed by atoms with Crippen molar-refractivity contribution in [2.75, 3.05) is 26.2 Å². The minimum atomic E-state index is -4.43.